The van der Waals surface area contributed by atoms with Crippen LogP contribution in [-0.4, -0.2) is 41.2 Å². The molecule has 2 aliphatic heterocycles. The van der Waals surface area contributed by atoms with E-state index in [1.165, 1.54) is 12.1 Å². The van der Waals surface area contributed by atoms with Gasteiger partial charge in [-0.05, 0) is 37.1 Å². The number of para-hydroxylation sites is 1. The molecule has 152 valence electrons. The Labute approximate surface area is 172 Å². The van der Waals surface area contributed by atoms with Crippen molar-refractivity contribution in [2.24, 2.45) is 0 Å². The van der Waals surface area contributed by atoms with Gasteiger partial charge in [0.05, 0.1) is 11.1 Å². The summed E-state index contributed by atoms with van der Waals surface area (Å²) in [6, 6.07) is 12.6. The molecule has 4 rings (SSSR count). The van der Waals surface area contributed by atoms with Crippen molar-refractivity contribution in [3.63, 3.8) is 0 Å². The molecule has 1 fully saturated rings. The van der Waals surface area contributed by atoms with Crippen LogP contribution in [0.3, 0.4) is 0 Å². The van der Waals surface area contributed by atoms with Gasteiger partial charge in [0.25, 0.3) is 17.7 Å². The molecule has 0 spiro atoms. The van der Waals surface area contributed by atoms with Crippen molar-refractivity contribution in [3.05, 3.63) is 71.9 Å². The Bertz CT molecular complexity index is 1060. The summed E-state index contributed by atoms with van der Waals surface area (Å²) in [5.74, 6) is -1.89. The second-order valence-corrected chi connectivity index (χ2v) is 7.01. The van der Waals surface area contributed by atoms with Gasteiger partial charge >= 0.3 is 0 Å². The molecule has 8 nitrogen and oxygen atoms in total. The third-order valence-electron chi connectivity index (χ3n) is 4.96. The van der Waals surface area contributed by atoms with Crippen LogP contribution in [-0.2, 0) is 9.59 Å². The Morgan fingerprint density at radius 1 is 1.10 bits per heavy atom. The molecule has 1 atom stereocenters. The molecule has 2 N–H and O–H groups in total. The summed E-state index contributed by atoms with van der Waals surface area (Å²) in [7, 11) is 0. The number of hydrogen-bond acceptors (Lipinski definition) is 5. The van der Waals surface area contributed by atoms with Gasteiger partial charge in [-0.25, -0.2) is 0 Å². The van der Waals surface area contributed by atoms with Crippen LogP contribution in [0.2, 0.25) is 0 Å². The predicted octanol–water partition coefficient (Wildman–Crippen LogP) is 2.09. The monoisotopic (exact) mass is 405 g/mol. The largest absolute Gasteiger partial charge is 0.483 e. The standard InChI is InChI=1S/C22H19N3O5/c1-13-10-11-16(20(27)23-13)25-21(28)15-8-5-9-17(19(15)22(25)29)30-12-18(26)24-14-6-3-2-4-7-14/h2-9,16H,1,10-12H2,(H,23,27)(H,24,26). The normalized spacial score (nSPS) is 18.1. The first-order valence-corrected chi connectivity index (χ1v) is 9.43. The van der Waals surface area contributed by atoms with Gasteiger partial charge in [0.2, 0.25) is 5.91 Å². The predicted molar refractivity (Wildman–Crippen MR) is 108 cm³/mol. The van der Waals surface area contributed by atoms with Gasteiger partial charge < -0.3 is 15.4 Å². The maximum absolute atomic E-state index is 13.0. The van der Waals surface area contributed by atoms with Crippen molar-refractivity contribution in [2.45, 2.75) is 18.9 Å². The number of imide groups is 1. The molecule has 0 bridgehead atoms. The van der Waals surface area contributed by atoms with Gasteiger partial charge in [0.1, 0.15) is 11.8 Å². The first kappa shape index (κ1) is 19.4. The van der Waals surface area contributed by atoms with Crippen LogP contribution in [0, 0.1) is 0 Å². The first-order valence-electron chi connectivity index (χ1n) is 9.43. The van der Waals surface area contributed by atoms with E-state index in [4.69, 9.17) is 4.74 Å². The second kappa shape index (κ2) is 7.82. The van der Waals surface area contributed by atoms with E-state index in [1.54, 1.807) is 30.3 Å². The highest BCUT2D eigenvalue weighted by molar-refractivity contribution is 6.24. The van der Waals surface area contributed by atoms with Gasteiger partial charge in [-0.2, -0.15) is 0 Å². The Morgan fingerprint density at radius 2 is 1.87 bits per heavy atom. The van der Waals surface area contributed by atoms with E-state index in [-0.39, 0.29) is 23.5 Å². The number of carbonyl (C=O) groups excluding carboxylic acids is 4. The average Bonchev–Trinajstić information content (AvgIpc) is 2.98. The molecule has 0 aliphatic carbocycles. The van der Waals surface area contributed by atoms with E-state index in [2.05, 4.69) is 17.2 Å². The van der Waals surface area contributed by atoms with Gasteiger partial charge in [0.15, 0.2) is 6.61 Å². The topological polar surface area (TPSA) is 105 Å². The van der Waals surface area contributed by atoms with Crippen molar-refractivity contribution in [3.8, 4) is 5.75 Å². The number of anilines is 1. The summed E-state index contributed by atoms with van der Waals surface area (Å²) in [6.07, 6.45) is 0.790. The number of nitrogens with one attached hydrogen (secondary N) is 2. The number of piperidine rings is 1. The molecule has 1 unspecified atom stereocenters. The lowest BCUT2D eigenvalue weighted by Crippen LogP contribution is -2.51. The highest BCUT2D eigenvalue weighted by atomic mass is 16.5. The average molecular weight is 405 g/mol. The second-order valence-electron chi connectivity index (χ2n) is 7.01. The van der Waals surface area contributed by atoms with E-state index in [0.29, 0.717) is 24.2 Å². The van der Waals surface area contributed by atoms with Crippen molar-refractivity contribution in [1.29, 1.82) is 0 Å². The fourth-order valence-electron chi connectivity index (χ4n) is 3.55. The molecule has 30 heavy (non-hydrogen) atoms. The Hall–Kier alpha value is -3.94. The molecule has 4 amide bonds. The van der Waals surface area contributed by atoms with Crippen LogP contribution in [0.15, 0.2) is 60.8 Å². The van der Waals surface area contributed by atoms with Crippen LogP contribution in [0.1, 0.15) is 33.6 Å². The molecule has 8 heteroatoms. The Morgan fingerprint density at radius 3 is 2.60 bits per heavy atom. The number of ether oxygens (including phenoxy) is 1. The number of fused-ring (bicyclic) bond motifs is 1. The van der Waals surface area contributed by atoms with E-state index >= 15 is 0 Å². The minimum atomic E-state index is -0.905. The summed E-state index contributed by atoms with van der Waals surface area (Å²) in [5, 5.41) is 5.27. The molecule has 2 aromatic carbocycles. The summed E-state index contributed by atoms with van der Waals surface area (Å²) < 4.78 is 5.55. The zero-order chi connectivity index (χ0) is 21.3. The highest BCUT2D eigenvalue weighted by Crippen LogP contribution is 2.34. The van der Waals surface area contributed by atoms with Crippen molar-refractivity contribution in [1.82, 2.24) is 10.2 Å². The minimum Gasteiger partial charge on any atom is -0.483 e. The van der Waals surface area contributed by atoms with E-state index in [0.717, 1.165) is 4.90 Å². The lowest BCUT2D eigenvalue weighted by Gasteiger charge is -2.29. The van der Waals surface area contributed by atoms with Crippen molar-refractivity contribution in [2.75, 3.05) is 11.9 Å². The molecular weight excluding hydrogens is 386 g/mol. The zero-order valence-corrected chi connectivity index (χ0v) is 16.0. The Balaban J connectivity index is 1.51. The Kier molecular flexibility index (Phi) is 5.05. The van der Waals surface area contributed by atoms with Crippen LogP contribution >= 0.6 is 0 Å². The third-order valence-corrected chi connectivity index (χ3v) is 4.96. The lowest BCUT2D eigenvalue weighted by atomic mass is 10.0. The molecule has 0 aromatic heterocycles. The van der Waals surface area contributed by atoms with Crippen LogP contribution in [0.4, 0.5) is 5.69 Å². The fourth-order valence-corrected chi connectivity index (χ4v) is 3.55. The van der Waals surface area contributed by atoms with E-state index in [9.17, 15) is 19.2 Å². The molecule has 2 aromatic rings. The number of hydrogen-bond donors (Lipinski definition) is 2. The first-order chi connectivity index (χ1) is 14.5. The van der Waals surface area contributed by atoms with Crippen LogP contribution < -0.4 is 15.4 Å². The maximum atomic E-state index is 13.0. The van der Waals surface area contributed by atoms with Gasteiger partial charge in [-0.1, -0.05) is 30.8 Å². The molecule has 0 radical (unpaired) electrons. The van der Waals surface area contributed by atoms with Crippen molar-refractivity contribution >= 4 is 29.3 Å². The minimum absolute atomic E-state index is 0.0622. The zero-order valence-electron chi connectivity index (χ0n) is 16.0. The number of carbonyl (C=O) groups is 4. The summed E-state index contributed by atoms with van der Waals surface area (Å²) in [4.78, 5) is 51.3. The molecular formula is C22H19N3O5. The van der Waals surface area contributed by atoms with E-state index < -0.39 is 29.7 Å². The number of rotatable bonds is 5. The number of amides is 4. The molecule has 1 saturated heterocycles. The molecule has 2 aliphatic rings. The van der Waals surface area contributed by atoms with Crippen molar-refractivity contribution < 1.29 is 23.9 Å². The van der Waals surface area contributed by atoms with Gasteiger partial charge in [-0.3, -0.25) is 24.1 Å². The third kappa shape index (κ3) is 3.55. The SMILES string of the molecule is C=C1CCC(N2C(=O)c3cccc(OCC(=O)Nc4ccccc4)c3C2=O)C(=O)N1. The molecule has 0 saturated carbocycles. The summed E-state index contributed by atoms with van der Waals surface area (Å²) in [5.41, 5.74) is 1.39. The summed E-state index contributed by atoms with van der Waals surface area (Å²) in [6.45, 7) is 3.37. The quantitative estimate of drug-likeness (QED) is 0.742. The number of nitrogens with zero attached hydrogens (tertiary/aromatic N) is 1. The van der Waals surface area contributed by atoms with Gasteiger partial charge in [-0.15, -0.1) is 0 Å². The van der Waals surface area contributed by atoms with Crippen LogP contribution in [0.5, 0.6) is 5.75 Å². The fraction of sp³-hybridized carbons (Fsp3) is 0.182. The van der Waals surface area contributed by atoms with Gasteiger partial charge in [0, 0.05) is 11.4 Å². The smallest absolute Gasteiger partial charge is 0.266 e. The molecule has 2 heterocycles. The maximum Gasteiger partial charge on any atom is 0.266 e. The van der Waals surface area contributed by atoms with E-state index in [1.807, 2.05) is 6.07 Å². The number of benzene rings is 2. The van der Waals surface area contributed by atoms with Crippen LogP contribution in [0.25, 0.3) is 0 Å². The lowest BCUT2D eigenvalue weighted by molar-refractivity contribution is -0.125. The highest BCUT2D eigenvalue weighted by Gasteiger charge is 2.45. The summed E-state index contributed by atoms with van der Waals surface area (Å²) >= 11 is 0. The number of allylic oxidation sites excluding steroid dienone is 1.